The summed E-state index contributed by atoms with van der Waals surface area (Å²) in [5.74, 6) is 0. The lowest BCUT2D eigenvalue weighted by atomic mass is 10.1. The third-order valence-corrected chi connectivity index (χ3v) is 2.86. The first kappa shape index (κ1) is 12.4. The van der Waals surface area contributed by atoms with Crippen LogP contribution in [0.3, 0.4) is 0 Å². The number of rotatable bonds is 4. The van der Waals surface area contributed by atoms with Crippen molar-refractivity contribution >= 4 is 23.0 Å². The molecule has 0 amide bonds. The lowest BCUT2D eigenvalue weighted by Crippen LogP contribution is -2.01. The number of furan rings is 1. The number of nitrogens with one attached hydrogen (secondary N) is 1. The van der Waals surface area contributed by atoms with Gasteiger partial charge in [0.05, 0.1) is 17.4 Å². The molecule has 1 aromatic heterocycles. The van der Waals surface area contributed by atoms with Gasteiger partial charge in [-0.15, -0.1) is 0 Å². The van der Waals surface area contributed by atoms with Crippen LogP contribution in [-0.2, 0) is 6.54 Å². The number of nitro benzene ring substituents is 1. The molecule has 94 valence electrons. The van der Waals surface area contributed by atoms with Crippen LogP contribution in [0.4, 0.5) is 11.4 Å². The van der Waals surface area contributed by atoms with Crippen LogP contribution in [-0.4, -0.2) is 4.92 Å². The van der Waals surface area contributed by atoms with Crippen molar-refractivity contribution in [2.75, 3.05) is 5.32 Å². The van der Waals surface area contributed by atoms with Gasteiger partial charge in [-0.3, -0.25) is 10.1 Å². The van der Waals surface area contributed by atoms with Crippen LogP contribution in [0, 0.1) is 17.0 Å². The maximum Gasteiger partial charge on any atom is 0.288 e. The number of nitrogens with zero attached hydrogens (tertiary/aromatic N) is 1. The van der Waals surface area contributed by atoms with E-state index >= 15 is 0 Å². The number of hydrogen-bond acceptors (Lipinski definition) is 4. The van der Waals surface area contributed by atoms with Gasteiger partial charge >= 0.3 is 0 Å². The van der Waals surface area contributed by atoms with E-state index in [2.05, 4.69) is 5.32 Å². The van der Waals surface area contributed by atoms with E-state index in [9.17, 15) is 10.1 Å². The van der Waals surface area contributed by atoms with Gasteiger partial charge in [0.2, 0.25) is 0 Å². The minimum Gasteiger partial charge on any atom is -0.472 e. The Morgan fingerprint density at radius 1 is 1.50 bits per heavy atom. The third kappa shape index (κ3) is 2.62. The smallest absolute Gasteiger partial charge is 0.288 e. The molecule has 2 rings (SSSR count). The number of hydrogen-bond donors (Lipinski definition) is 1. The van der Waals surface area contributed by atoms with Gasteiger partial charge in [0.15, 0.2) is 0 Å². The molecule has 0 atom stereocenters. The highest BCUT2D eigenvalue weighted by atomic mass is 35.5. The highest BCUT2D eigenvalue weighted by Crippen LogP contribution is 2.30. The molecule has 5 nitrogen and oxygen atoms in total. The Labute approximate surface area is 109 Å². The molecule has 0 aliphatic rings. The van der Waals surface area contributed by atoms with E-state index in [4.69, 9.17) is 16.0 Å². The Balaban J connectivity index is 2.19. The first-order valence-electron chi connectivity index (χ1n) is 5.27. The fourth-order valence-electron chi connectivity index (χ4n) is 1.59. The lowest BCUT2D eigenvalue weighted by molar-refractivity contribution is -0.384. The largest absolute Gasteiger partial charge is 0.472 e. The van der Waals surface area contributed by atoms with Crippen molar-refractivity contribution in [3.63, 3.8) is 0 Å². The van der Waals surface area contributed by atoms with Gasteiger partial charge in [-0.25, -0.2) is 0 Å². The number of nitro groups is 1. The summed E-state index contributed by atoms with van der Waals surface area (Å²) in [6, 6.07) is 4.87. The van der Waals surface area contributed by atoms with Crippen LogP contribution in [0.1, 0.15) is 11.1 Å². The first-order valence-corrected chi connectivity index (χ1v) is 5.65. The molecular formula is C12H11ClN2O3. The van der Waals surface area contributed by atoms with E-state index in [1.807, 2.05) is 6.07 Å². The summed E-state index contributed by atoms with van der Waals surface area (Å²) in [6.07, 6.45) is 3.22. The molecule has 0 fully saturated rings. The number of benzene rings is 1. The fraction of sp³-hybridized carbons (Fsp3) is 0.167. The molecular weight excluding hydrogens is 256 g/mol. The summed E-state index contributed by atoms with van der Waals surface area (Å²) in [5, 5.41) is 14.0. The molecule has 18 heavy (non-hydrogen) atoms. The van der Waals surface area contributed by atoms with Crippen LogP contribution in [0.15, 0.2) is 35.1 Å². The van der Waals surface area contributed by atoms with Crippen LogP contribution >= 0.6 is 11.6 Å². The Bertz CT molecular complexity index is 567. The Morgan fingerprint density at radius 3 is 2.89 bits per heavy atom. The molecule has 0 saturated carbocycles. The lowest BCUT2D eigenvalue weighted by Gasteiger charge is -2.09. The minimum absolute atomic E-state index is 0.0805. The monoisotopic (exact) mass is 266 g/mol. The zero-order valence-corrected chi connectivity index (χ0v) is 10.4. The second-order valence-corrected chi connectivity index (χ2v) is 4.27. The van der Waals surface area contributed by atoms with Gasteiger partial charge in [-0.1, -0.05) is 11.6 Å². The van der Waals surface area contributed by atoms with Crippen molar-refractivity contribution in [3.05, 3.63) is 57.0 Å². The van der Waals surface area contributed by atoms with Crippen LogP contribution in [0.25, 0.3) is 0 Å². The van der Waals surface area contributed by atoms with Crippen molar-refractivity contribution < 1.29 is 9.34 Å². The van der Waals surface area contributed by atoms with E-state index in [0.717, 1.165) is 16.8 Å². The molecule has 1 N–H and O–H groups in total. The Morgan fingerprint density at radius 2 is 2.28 bits per heavy atom. The molecule has 0 aliphatic carbocycles. The van der Waals surface area contributed by atoms with Crippen LogP contribution < -0.4 is 5.32 Å². The molecule has 6 heteroatoms. The molecule has 0 bridgehead atoms. The standard InChI is InChI=1S/C12H11ClN2O3/c1-8-4-12(15(16)17)10(13)5-11(8)14-6-9-2-3-18-7-9/h2-5,7,14H,6H2,1H3. The molecule has 1 heterocycles. The zero-order chi connectivity index (χ0) is 13.1. The summed E-state index contributed by atoms with van der Waals surface area (Å²) in [7, 11) is 0. The van der Waals surface area contributed by atoms with Crippen LogP contribution in [0.2, 0.25) is 5.02 Å². The Hall–Kier alpha value is -2.01. The van der Waals surface area contributed by atoms with Crippen molar-refractivity contribution in [1.29, 1.82) is 0 Å². The van der Waals surface area contributed by atoms with E-state index in [-0.39, 0.29) is 10.7 Å². The molecule has 0 unspecified atom stereocenters. The first-order chi connectivity index (χ1) is 8.58. The van der Waals surface area contributed by atoms with Gasteiger partial charge in [-0.2, -0.15) is 0 Å². The average Bonchev–Trinajstić information content (AvgIpc) is 2.82. The third-order valence-electron chi connectivity index (χ3n) is 2.55. The molecule has 0 saturated heterocycles. The molecule has 0 radical (unpaired) electrons. The topological polar surface area (TPSA) is 68.3 Å². The van der Waals surface area contributed by atoms with Gasteiger partial charge in [0.1, 0.15) is 5.02 Å². The summed E-state index contributed by atoms with van der Waals surface area (Å²) < 4.78 is 4.95. The van der Waals surface area contributed by atoms with Gasteiger partial charge in [0.25, 0.3) is 5.69 Å². The van der Waals surface area contributed by atoms with E-state index in [1.54, 1.807) is 25.5 Å². The summed E-state index contributed by atoms with van der Waals surface area (Å²) in [5.41, 5.74) is 2.45. The van der Waals surface area contributed by atoms with Crippen LogP contribution in [0.5, 0.6) is 0 Å². The molecule has 0 aliphatic heterocycles. The van der Waals surface area contributed by atoms with Gasteiger partial charge < -0.3 is 9.73 Å². The number of halogens is 1. The highest BCUT2D eigenvalue weighted by molar-refractivity contribution is 6.33. The SMILES string of the molecule is Cc1cc([N+](=O)[O-])c(Cl)cc1NCc1ccoc1. The summed E-state index contributed by atoms with van der Waals surface area (Å²) >= 11 is 5.86. The second kappa shape index (κ2) is 5.10. The average molecular weight is 267 g/mol. The number of anilines is 1. The molecule has 0 spiro atoms. The second-order valence-electron chi connectivity index (χ2n) is 3.86. The summed E-state index contributed by atoms with van der Waals surface area (Å²) in [4.78, 5) is 10.2. The quantitative estimate of drug-likeness (QED) is 0.676. The van der Waals surface area contributed by atoms with E-state index in [0.29, 0.717) is 6.54 Å². The minimum atomic E-state index is -0.491. The predicted octanol–water partition coefficient (Wildman–Crippen LogP) is 3.76. The van der Waals surface area contributed by atoms with E-state index in [1.165, 1.54) is 6.07 Å². The highest BCUT2D eigenvalue weighted by Gasteiger charge is 2.14. The Kier molecular flexibility index (Phi) is 3.53. The van der Waals surface area contributed by atoms with Crippen molar-refractivity contribution in [2.45, 2.75) is 13.5 Å². The van der Waals surface area contributed by atoms with Crippen molar-refractivity contribution in [2.24, 2.45) is 0 Å². The molecule has 2 aromatic rings. The van der Waals surface area contributed by atoms with Gasteiger partial charge in [-0.05, 0) is 24.6 Å². The van der Waals surface area contributed by atoms with Crippen molar-refractivity contribution in [3.8, 4) is 0 Å². The predicted molar refractivity (Wildman–Crippen MR) is 68.9 cm³/mol. The maximum atomic E-state index is 10.7. The zero-order valence-electron chi connectivity index (χ0n) is 9.64. The normalized spacial score (nSPS) is 10.3. The fourth-order valence-corrected chi connectivity index (χ4v) is 1.82. The summed E-state index contributed by atoms with van der Waals surface area (Å²) in [6.45, 7) is 2.37. The van der Waals surface area contributed by atoms with E-state index < -0.39 is 4.92 Å². The molecule has 1 aromatic carbocycles. The number of aryl methyl sites for hydroxylation is 1. The van der Waals surface area contributed by atoms with Crippen molar-refractivity contribution in [1.82, 2.24) is 0 Å². The maximum absolute atomic E-state index is 10.7. The van der Waals surface area contributed by atoms with Gasteiger partial charge in [0, 0.05) is 23.9 Å².